The van der Waals surface area contributed by atoms with Crippen molar-refractivity contribution in [2.24, 2.45) is 0 Å². The third-order valence-corrected chi connectivity index (χ3v) is 7.28. The molecule has 0 aromatic rings. The molecule has 0 aromatic heterocycles. The highest BCUT2D eigenvalue weighted by Crippen LogP contribution is 2.24. The lowest BCUT2D eigenvalue weighted by molar-refractivity contribution is 0.348. The van der Waals surface area contributed by atoms with Crippen molar-refractivity contribution in [3.63, 3.8) is 0 Å². The zero-order chi connectivity index (χ0) is 8.97. The van der Waals surface area contributed by atoms with E-state index in [1.165, 1.54) is 25.8 Å². The Kier molecular flexibility index (Phi) is 4.30. The van der Waals surface area contributed by atoms with Gasteiger partial charge >= 0.3 is 0 Å². The topological polar surface area (TPSA) is 3.24 Å². The fourth-order valence-corrected chi connectivity index (χ4v) is 6.32. The molecular weight excluding hydrogens is 162 g/mol. The van der Waals surface area contributed by atoms with Crippen molar-refractivity contribution >= 4 is 8.96 Å². The maximum absolute atomic E-state index is 2.83. The first-order chi connectivity index (χ1) is 5.79. The molecule has 1 atom stereocenters. The highest BCUT2D eigenvalue weighted by Gasteiger charge is 2.25. The molecule has 1 fully saturated rings. The molecule has 1 rings (SSSR count). The fraction of sp³-hybridized carbons (Fsp3) is 1.00. The molecule has 0 aliphatic carbocycles. The van der Waals surface area contributed by atoms with Gasteiger partial charge in [0.1, 0.15) is 8.96 Å². The van der Waals surface area contributed by atoms with Gasteiger partial charge in [0.15, 0.2) is 0 Å². The normalized spacial score (nSPS) is 22.0. The second-order valence-corrected chi connectivity index (χ2v) is 7.15. The first-order valence-electron chi connectivity index (χ1n) is 5.55. The molecule has 1 nitrogen and oxygen atoms in total. The molecule has 0 saturated carbocycles. The van der Waals surface area contributed by atoms with Crippen LogP contribution in [0.2, 0.25) is 12.1 Å². The smallest absolute Gasteiger partial charge is 0.112 e. The summed E-state index contributed by atoms with van der Waals surface area (Å²) >= 11 is 0. The summed E-state index contributed by atoms with van der Waals surface area (Å²) in [6.07, 6.45) is 4.37. The highest BCUT2D eigenvalue weighted by molar-refractivity contribution is 6.56. The quantitative estimate of drug-likeness (QED) is 0.609. The number of hydrogen-bond donors (Lipinski definition) is 0. The third kappa shape index (κ3) is 2.33. The first-order valence-corrected chi connectivity index (χ1v) is 7.70. The summed E-state index contributed by atoms with van der Waals surface area (Å²) in [6, 6.07) is 4.01. The summed E-state index contributed by atoms with van der Waals surface area (Å²) in [5.41, 5.74) is 0. The Bertz CT molecular complexity index is 121. The van der Waals surface area contributed by atoms with Crippen molar-refractivity contribution in [2.75, 3.05) is 6.54 Å². The van der Waals surface area contributed by atoms with Gasteiger partial charge in [0.05, 0.1) is 0 Å². The predicted molar refractivity (Wildman–Crippen MR) is 58.1 cm³/mol. The van der Waals surface area contributed by atoms with E-state index in [0.29, 0.717) is 0 Å². The number of rotatable bonds is 4. The Morgan fingerprint density at radius 1 is 1.25 bits per heavy atom. The van der Waals surface area contributed by atoms with Gasteiger partial charge in [-0.25, -0.2) is 0 Å². The molecule has 0 bridgehead atoms. The molecule has 0 N–H and O–H groups in total. The van der Waals surface area contributed by atoms with Crippen LogP contribution in [-0.4, -0.2) is 26.1 Å². The summed E-state index contributed by atoms with van der Waals surface area (Å²) < 4.78 is 2.83. The van der Waals surface area contributed by atoms with E-state index in [1.807, 2.05) is 0 Å². The van der Waals surface area contributed by atoms with E-state index in [4.69, 9.17) is 0 Å². The van der Waals surface area contributed by atoms with Crippen LogP contribution in [0, 0.1) is 0 Å². The van der Waals surface area contributed by atoms with Crippen LogP contribution in [0.4, 0.5) is 0 Å². The van der Waals surface area contributed by atoms with Crippen molar-refractivity contribution in [1.82, 2.24) is 4.57 Å². The summed E-state index contributed by atoms with van der Waals surface area (Å²) in [4.78, 5) is 0. The molecule has 1 unspecified atom stereocenters. The van der Waals surface area contributed by atoms with Gasteiger partial charge < -0.3 is 4.57 Å². The van der Waals surface area contributed by atoms with E-state index in [9.17, 15) is 0 Å². The molecular formula is C10H23NSi. The summed E-state index contributed by atoms with van der Waals surface area (Å²) in [6.45, 7) is 8.34. The lowest BCUT2D eigenvalue weighted by Crippen LogP contribution is -2.43. The van der Waals surface area contributed by atoms with Crippen molar-refractivity contribution in [1.29, 1.82) is 0 Å². The van der Waals surface area contributed by atoms with Gasteiger partial charge in [-0.2, -0.15) is 0 Å². The van der Waals surface area contributed by atoms with Crippen LogP contribution in [0.5, 0.6) is 0 Å². The standard InChI is InChI=1S/C10H23NSi/c1-4-10(3)11(5-2)12-8-6-7-9-12/h10,12H,4-9H2,1-3H3. The SMILES string of the molecule is CCC(C)N(CC)[SiH]1CCCC1. The minimum atomic E-state index is -0.438. The van der Waals surface area contributed by atoms with E-state index in [1.54, 1.807) is 12.1 Å². The summed E-state index contributed by atoms with van der Waals surface area (Å²) in [5, 5.41) is 0. The van der Waals surface area contributed by atoms with Gasteiger partial charge in [0.25, 0.3) is 0 Å². The lowest BCUT2D eigenvalue weighted by atomic mass is 10.3. The van der Waals surface area contributed by atoms with Crippen molar-refractivity contribution in [3.8, 4) is 0 Å². The molecule has 72 valence electrons. The molecule has 0 radical (unpaired) electrons. The molecule has 0 aromatic carbocycles. The molecule has 2 heteroatoms. The van der Waals surface area contributed by atoms with E-state index >= 15 is 0 Å². The van der Waals surface area contributed by atoms with Crippen molar-refractivity contribution < 1.29 is 0 Å². The van der Waals surface area contributed by atoms with Crippen LogP contribution < -0.4 is 0 Å². The van der Waals surface area contributed by atoms with Crippen LogP contribution in [0.1, 0.15) is 40.0 Å². The van der Waals surface area contributed by atoms with E-state index in [-0.39, 0.29) is 0 Å². The Labute approximate surface area is 78.8 Å². The minimum Gasteiger partial charge on any atom is -0.324 e. The molecule has 1 aliphatic heterocycles. The van der Waals surface area contributed by atoms with Gasteiger partial charge in [-0.3, -0.25) is 0 Å². The van der Waals surface area contributed by atoms with Crippen LogP contribution in [0.3, 0.4) is 0 Å². The first kappa shape index (κ1) is 10.3. The monoisotopic (exact) mass is 185 g/mol. The Balaban J connectivity index is 2.42. The maximum atomic E-state index is 2.83. The van der Waals surface area contributed by atoms with Crippen LogP contribution in [0.25, 0.3) is 0 Å². The highest BCUT2D eigenvalue weighted by atomic mass is 28.3. The minimum absolute atomic E-state index is 0.438. The second kappa shape index (κ2) is 5.03. The molecule has 12 heavy (non-hydrogen) atoms. The molecule has 1 heterocycles. The lowest BCUT2D eigenvalue weighted by Gasteiger charge is -2.32. The molecule has 1 saturated heterocycles. The fourth-order valence-electron chi connectivity index (χ4n) is 2.40. The van der Waals surface area contributed by atoms with Crippen LogP contribution >= 0.6 is 0 Å². The van der Waals surface area contributed by atoms with Crippen molar-refractivity contribution in [2.45, 2.75) is 58.2 Å². The zero-order valence-corrected chi connectivity index (χ0v) is 10.00. The average Bonchev–Trinajstić information content (AvgIpc) is 2.58. The second-order valence-electron chi connectivity index (χ2n) is 4.03. The summed E-state index contributed by atoms with van der Waals surface area (Å²) in [7, 11) is -0.438. The van der Waals surface area contributed by atoms with Gasteiger partial charge in [-0.05, 0) is 31.1 Å². The number of hydrogen-bond acceptors (Lipinski definition) is 1. The van der Waals surface area contributed by atoms with Crippen LogP contribution in [0.15, 0.2) is 0 Å². The van der Waals surface area contributed by atoms with Gasteiger partial charge in [0.2, 0.25) is 0 Å². The zero-order valence-electron chi connectivity index (χ0n) is 8.84. The Morgan fingerprint density at radius 2 is 1.83 bits per heavy atom. The van der Waals surface area contributed by atoms with Gasteiger partial charge in [-0.1, -0.05) is 33.6 Å². The molecule has 1 aliphatic rings. The summed E-state index contributed by atoms with van der Waals surface area (Å²) in [5.74, 6) is 0. The maximum Gasteiger partial charge on any atom is 0.112 e. The molecule has 0 amide bonds. The molecule has 0 spiro atoms. The Morgan fingerprint density at radius 3 is 2.25 bits per heavy atom. The third-order valence-electron chi connectivity index (χ3n) is 3.32. The van der Waals surface area contributed by atoms with E-state index in [0.717, 1.165) is 6.04 Å². The van der Waals surface area contributed by atoms with E-state index < -0.39 is 8.96 Å². The van der Waals surface area contributed by atoms with Gasteiger partial charge in [-0.15, -0.1) is 0 Å². The Hall–Kier alpha value is 0.177. The number of nitrogens with zero attached hydrogens (tertiary/aromatic N) is 1. The van der Waals surface area contributed by atoms with E-state index in [2.05, 4.69) is 25.3 Å². The van der Waals surface area contributed by atoms with Gasteiger partial charge in [0, 0.05) is 0 Å². The van der Waals surface area contributed by atoms with Crippen LogP contribution in [-0.2, 0) is 0 Å². The largest absolute Gasteiger partial charge is 0.324 e. The average molecular weight is 185 g/mol. The van der Waals surface area contributed by atoms with Crippen molar-refractivity contribution in [3.05, 3.63) is 0 Å². The predicted octanol–water partition coefficient (Wildman–Crippen LogP) is 2.62.